The molecule has 3 unspecified atom stereocenters. The van der Waals surface area contributed by atoms with Crippen LogP contribution in [0, 0.1) is 0 Å². The van der Waals surface area contributed by atoms with Crippen LogP contribution in [-0.2, 0) is 0 Å². The van der Waals surface area contributed by atoms with Crippen molar-refractivity contribution in [1.29, 1.82) is 0 Å². The van der Waals surface area contributed by atoms with E-state index in [0.29, 0.717) is 6.54 Å². The quantitative estimate of drug-likeness (QED) is 0.680. The minimum atomic E-state index is -0.537. The lowest BCUT2D eigenvalue weighted by atomic mass is 10.0. The molecule has 0 bridgehead atoms. The van der Waals surface area contributed by atoms with Gasteiger partial charge in [-0.15, -0.1) is 0 Å². The van der Waals surface area contributed by atoms with Crippen molar-refractivity contribution in [2.45, 2.75) is 32.1 Å². The number of aliphatic hydroxyl groups excluding tert-OH is 2. The third-order valence-electron chi connectivity index (χ3n) is 2.35. The highest BCUT2D eigenvalue weighted by Gasteiger charge is 2.15. The van der Waals surface area contributed by atoms with E-state index in [1.54, 1.807) is 6.92 Å². The van der Waals surface area contributed by atoms with Crippen molar-refractivity contribution in [3.05, 3.63) is 35.9 Å². The molecule has 3 atom stereocenters. The summed E-state index contributed by atoms with van der Waals surface area (Å²) in [6.07, 6.45) is -0.930. The summed E-state index contributed by atoms with van der Waals surface area (Å²) in [5.74, 6) is 0. The van der Waals surface area contributed by atoms with Gasteiger partial charge in [-0.2, -0.15) is 0 Å². The van der Waals surface area contributed by atoms with Gasteiger partial charge in [0.25, 0.3) is 0 Å². The molecule has 0 amide bonds. The smallest absolute Gasteiger partial charge is 0.0940 e. The molecule has 0 spiro atoms. The fourth-order valence-electron chi connectivity index (χ4n) is 1.41. The molecule has 1 aromatic rings. The van der Waals surface area contributed by atoms with Crippen molar-refractivity contribution >= 4 is 0 Å². The van der Waals surface area contributed by atoms with Gasteiger partial charge in [0, 0.05) is 12.6 Å². The Balaban J connectivity index is 2.49. The summed E-state index contributed by atoms with van der Waals surface area (Å²) in [5.41, 5.74) is 0.892. The number of rotatable bonds is 5. The lowest BCUT2D eigenvalue weighted by molar-refractivity contribution is 0.121. The number of benzene rings is 1. The predicted molar refractivity (Wildman–Crippen MR) is 60.5 cm³/mol. The highest BCUT2D eigenvalue weighted by Crippen LogP contribution is 2.15. The van der Waals surface area contributed by atoms with E-state index in [1.165, 1.54) is 0 Å². The molecule has 0 heterocycles. The number of nitrogens with one attached hydrogen (secondary N) is 1. The van der Waals surface area contributed by atoms with E-state index in [0.717, 1.165) is 5.56 Å². The van der Waals surface area contributed by atoms with Gasteiger partial charge >= 0.3 is 0 Å². The third-order valence-corrected chi connectivity index (χ3v) is 2.35. The molecule has 0 aromatic heterocycles. The molecule has 0 fully saturated rings. The molecule has 0 saturated carbocycles. The van der Waals surface area contributed by atoms with Crippen molar-refractivity contribution in [1.82, 2.24) is 5.32 Å². The molecular weight excluding hydrogens is 190 g/mol. The van der Waals surface area contributed by atoms with Crippen LogP contribution in [0.4, 0.5) is 0 Å². The van der Waals surface area contributed by atoms with Gasteiger partial charge in [-0.25, -0.2) is 0 Å². The lowest BCUT2D eigenvalue weighted by Gasteiger charge is -2.21. The zero-order valence-electron chi connectivity index (χ0n) is 9.22. The largest absolute Gasteiger partial charge is 0.392 e. The Labute approximate surface area is 90.8 Å². The number of aliphatic hydroxyl groups is 2. The summed E-state index contributed by atoms with van der Waals surface area (Å²) in [4.78, 5) is 0. The second kappa shape index (κ2) is 5.85. The molecular formula is C12H19NO2. The van der Waals surface area contributed by atoms with Gasteiger partial charge in [0.15, 0.2) is 0 Å². The van der Waals surface area contributed by atoms with Crippen LogP contribution in [0.15, 0.2) is 30.3 Å². The first-order chi connectivity index (χ1) is 7.11. The van der Waals surface area contributed by atoms with Gasteiger partial charge in [-0.1, -0.05) is 30.3 Å². The SMILES string of the molecule is CC(O)CNC(C)C(O)c1ccccc1. The van der Waals surface area contributed by atoms with Crippen LogP contribution in [0.3, 0.4) is 0 Å². The first kappa shape index (κ1) is 12.2. The zero-order chi connectivity index (χ0) is 11.3. The van der Waals surface area contributed by atoms with E-state index in [9.17, 15) is 5.11 Å². The summed E-state index contributed by atoms with van der Waals surface area (Å²) >= 11 is 0. The van der Waals surface area contributed by atoms with Gasteiger partial charge in [0.1, 0.15) is 0 Å². The molecule has 0 aliphatic carbocycles. The highest BCUT2D eigenvalue weighted by atomic mass is 16.3. The van der Waals surface area contributed by atoms with Crippen molar-refractivity contribution < 1.29 is 10.2 Å². The Morgan fingerprint density at radius 2 is 1.73 bits per heavy atom. The number of hydrogen-bond acceptors (Lipinski definition) is 3. The normalized spacial score (nSPS) is 17.1. The van der Waals surface area contributed by atoms with Crippen molar-refractivity contribution in [2.24, 2.45) is 0 Å². The monoisotopic (exact) mass is 209 g/mol. The standard InChI is InChI=1S/C12H19NO2/c1-9(14)8-13-10(2)12(15)11-6-4-3-5-7-11/h3-7,9-10,12-15H,8H2,1-2H3. The zero-order valence-corrected chi connectivity index (χ0v) is 9.22. The molecule has 1 aromatic carbocycles. The summed E-state index contributed by atoms with van der Waals surface area (Å²) < 4.78 is 0. The van der Waals surface area contributed by atoms with Crippen LogP contribution in [0.2, 0.25) is 0 Å². The van der Waals surface area contributed by atoms with Crippen LogP contribution in [0.1, 0.15) is 25.5 Å². The minimum Gasteiger partial charge on any atom is -0.392 e. The Morgan fingerprint density at radius 1 is 1.13 bits per heavy atom. The van der Waals surface area contributed by atoms with Gasteiger partial charge in [-0.3, -0.25) is 0 Å². The maximum Gasteiger partial charge on any atom is 0.0940 e. The van der Waals surface area contributed by atoms with Crippen molar-refractivity contribution in [3.63, 3.8) is 0 Å². The fraction of sp³-hybridized carbons (Fsp3) is 0.500. The topological polar surface area (TPSA) is 52.5 Å². The van der Waals surface area contributed by atoms with Crippen molar-refractivity contribution in [3.8, 4) is 0 Å². The Kier molecular flexibility index (Phi) is 4.75. The van der Waals surface area contributed by atoms with E-state index in [4.69, 9.17) is 5.11 Å². The minimum absolute atomic E-state index is 0.0676. The van der Waals surface area contributed by atoms with E-state index in [1.807, 2.05) is 37.3 Å². The lowest BCUT2D eigenvalue weighted by Crippen LogP contribution is -2.36. The molecule has 3 heteroatoms. The van der Waals surface area contributed by atoms with Crippen LogP contribution in [-0.4, -0.2) is 28.9 Å². The summed E-state index contributed by atoms with van der Waals surface area (Å²) in [6, 6.07) is 9.45. The molecule has 3 N–H and O–H groups in total. The Bertz CT molecular complexity index is 274. The van der Waals surface area contributed by atoms with Gasteiger partial charge in [0.05, 0.1) is 12.2 Å². The third kappa shape index (κ3) is 4.00. The molecule has 0 aliphatic rings. The summed E-state index contributed by atoms with van der Waals surface area (Å²) in [7, 11) is 0. The predicted octanol–water partition coefficient (Wildman–Crippen LogP) is 1.08. The van der Waals surface area contributed by atoms with Crippen LogP contribution in [0.5, 0.6) is 0 Å². The maximum absolute atomic E-state index is 9.96. The maximum atomic E-state index is 9.96. The molecule has 15 heavy (non-hydrogen) atoms. The van der Waals surface area contributed by atoms with Gasteiger partial charge in [0.2, 0.25) is 0 Å². The fourth-order valence-corrected chi connectivity index (χ4v) is 1.41. The van der Waals surface area contributed by atoms with Crippen LogP contribution < -0.4 is 5.32 Å². The van der Waals surface area contributed by atoms with E-state index >= 15 is 0 Å². The average Bonchev–Trinajstić information content (AvgIpc) is 2.26. The summed E-state index contributed by atoms with van der Waals surface area (Å²) in [6.45, 7) is 4.11. The molecule has 0 saturated heterocycles. The molecule has 0 aliphatic heterocycles. The number of hydrogen-bond donors (Lipinski definition) is 3. The average molecular weight is 209 g/mol. The van der Waals surface area contributed by atoms with E-state index in [-0.39, 0.29) is 6.04 Å². The molecule has 0 radical (unpaired) electrons. The van der Waals surface area contributed by atoms with Crippen LogP contribution in [0.25, 0.3) is 0 Å². The molecule has 84 valence electrons. The van der Waals surface area contributed by atoms with Gasteiger partial charge in [-0.05, 0) is 19.4 Å². The first-order valence-corrected chi connectivity index (χ1v) is 5.25. The van der Waals surface area contributed by atoms with Crippen molar-refractivity contribution in [2.75, 3.05) is 6.54 Å². The van der Waals surface area contributed by atoms with Crippen LogP contribution >= 0.6 is 0 Å². The molecule has 3 nitrogen and oxygen atoms in total. The Hall–Kier alpha value is -0.900. The first-order valence-electron chi connectivity index (χ1n) is 5.25. The second-order valence-corrected chi connectivity index (χ2v) is 3.90. The van der Waals surface area contributed by atoms with E-state index < -0.39 is 12.2 Å². The highest BCUT2D eigenvalue weighted by molar-refractivity contribution is 5.18. The summed E-state index contributed by atoms with van der Waals surface area (Å²) in [5, 5.41) is 22.1. The van der Waals surface area contributed by atoms with Gasteiger partial charge < -0.3 is 15.5 Å². The second-order valence-electron chi connectivity index (χ2n) is 3.90. The molecule has 1 rings (SSSR count). The Morgan fingerprint density at radius 3 is 2.27 bits per heavy atom. The van der Waals surface area contributed by atoms with E-state index in [2.05, 4.69) is 5.32 Å².